The predicted octanol–water partition coefficient (Wildman–Crippen LogP) is 1.10. The van der Waals surface area contributed by atoms with Crippen LogP contribution in [0.3, 0.4) is 0 Å². The SMILES string of the molecule is C=CC(=O)NCCC.F.[HH]. The Hall–Kier alpha value is -0.860. The molecule has 0 rings (SSSR count). The minimum atomic E-state index is -0.0909. The molecule has 0 saturated carbocycles. The zero-order chi connectivity index (χ0) is 6.41. The standard InChI is InChI=1S/C6H11NO.FH.H2/c1-3-5-7-6(8)4-2;;/h4H,2-3,5H2,1H3,(H,7,8);2*1H. The van der Waals surface area contributed by atoms with Crippen molar-refractivity contribution in [3.05, 3.63) is 12.7 Å². The van der Waals surface area contributed by atoms with E-state index in [9.17, 15) is 4.79 Å². The second-order valence-electron chi connectivity index (χ2n) is 1.50. The first-order valence-electron chi connectivity index (χ1n) is 2.71. The van der Waals surface area contributed by atoms with Crippen LogP contribution in [-0.4, -0.2) is 12.5 Å². The summed E-state index contributed by atoms with van der Waals surface area (Å²) in [4.78, 5) is 10.3. The zero-order valence-electron chi connectivity index (χ0n) is 5.52. The third-order valence-corrected chi connectivity index (χ3v) is 0.735. The van der Waals surface area contributed by atoms with E-state index in [1.54, 1.807) is 0 Å². The molecule has 0 aromatic carbocycles. The van der Waals surface area contributed by atoms with Crippen LogP contribution in [0.4, 0.5) is 4.70 Å². The number of carbonyl (C=O) groups excluding carboxylic acids is 1. The summed E-state index contributed by atoms with van der Waals surface area (Å²) in [6.45, 7) is 6.05. The highest BCUT2D eigenvalue weighted by atomic mass is 19.0. The molecule has 0 aliphatic rings. The van der Waals surface area contributed by atoms with Gasteiger partial charge in [-0.15, -0.1) is 0 Å². The molecule has 1 amide bonds. The fourth-order valence-corrected chi connectivity index (χ4v) is 0.320. The fraction of sp³-hybridized carbons (Fsp3) is 0.500. The van der Waals surface area contributed by atoms with Gasteiger partial charge in [0, 0.05) is 7.97 Å². The van der Waals surface area contributed by atoms with Gasteiger partial charge in [0.25, 0.3) is 0 Å². The van der Waals surface area contributed by atoms with Crippen molar-refractivity contribution in [2.24, 2.45) is 0 Å². The topological polar surface area (TPSA) is 29.1 Å². The van der Waals surface area contributed by atoms with Gasteiger partial charge < -0.3 is 5.32 Å². The minimum Gasteiger partial charge on any atom is -0.353 e. The summed E-state index contributed by atoms with van der Waals surface area (Å²) < 4.78 is 0. The number of carbonyl (C=O) groups is 1. The summed E-state index contributed by atoms with van der Waals surface area (Å²) in [6.07, 6.45) is 2.25. The maximum absolute atomic E-state index is 10.3. The molecule has 2 nitrogen and oxygen atoms in total. The Bertz CT molecular complexity index is 97.7. The van der Waals surface area contributed by atoms with E-state index in [2.05, 4.69) is 11.9 Å². The van der Waals surface area contributed by atoms with Crippen LogP contribution in [0.1, 0.15) is 14.8 Å². The van der Waals surface area contributed by atoms with Crippen LogP contribution in [0.15, 0.2) is 12.7 Å². The second-order valence-corrected chi connectivity index (χ2v) is 1.50. The lowest BCUT2D eigenvalue weighted by Crippen LogP contribution is -2.20. The molecule has 1 N–H and O–H groups in total. The molecule has 0 unspecified atom stereocenters. The van der Waals surface area contributed by atoms with Gasteiger partial charge in [-0.2, -0.15) is 0 Å². The van der Waals surface area contributed by atoms with Crippen LogP contribution in [0.2, 0.25) is 0 Å². The van der Waals surface area contributed by atoms with Crippen molar-refractivity contribution in [2.75, 3.05) is 6.54 Å². The Morgan fingerprint density at radius 1 is 1.89 bits per heavy atom. The van der Waals surface area contributed by atoms with Crippen LogP contribution in [0, 0.1) is 0 Å². The molecule has 0 heterocycles. The molecular formula is C6H14FNO. The van der Waals surface area contributed by atoms with Gasteiger partial charge in [0.15, 0.2) is 0 Å². The zero-order valence-corrected chi connectivity index (χ0v) is 5.52. The third kappa shape index (κ3) is 7.14. The average Bonchev–Trinajstić information content (AvgIpc) is 1.83. The van der Waals surface area contributed by atoms with E-state index in [0.717, 1.165) is 13.0 Å². The van der Waals surface area contributed by atoms with Crippen molar-refractivity contribution >= 4 is 5.91 Å². The van der Waals surface area contributed by atoms with E-state index in [4.69, 9.17) is 0 Å². The Labute approximate surface area is 55.8 Å². The second kappa shape index (κ2) is 7.14. The highest BCUT2D eigenvalue weighted by molar-refractivity contribution is 5.86. The van der Waals surface area contributed by atoms with Gasteiger partial charge >= 0.3 is 0 Å². The van der Waals surface area contributed by atoms with Crippen LogP contribution in [-0.2, 0) is 4.79 Å². The van der Waals surface area contributed by atoms with Crippen molar-refractivity contribution in [1.82, 2.24) is 5.32 Å². The van der Waals surface area contributed by atoms with E-state index in [1.807, 2.05) is 6.92 Å². The Kier molecular flexibility index (Phi) is 8.73. The summed E-state index contributed by atoms with van der Waals surface area (Å²) >= 11 is 0. The van der Waals surface area contributed by atoms with E-state index in [0.29, 0.717) is 0 Å². The van der Waals surface area contributed by atoms with Crippen LogP contribution < -0.4 is 5.32 Å². The van der Waals surface area contributed by atoms with Crippen molar-refractivity contribution < 1.29 is 10.9 Å². The summed E-state index contributed by atoms with van der Waals surface area (Å²) in [7, 11) is 0. The smallest absolute Gasteiger partial charge is 0.243 e. The highest BCUT2D eigenvalue weighted by Gasteiger charge is 1.86. The number of nitrogens with one attached hydrogen (secondary N) is 1. The van der Waals surface area contributed by atoms with Gasteiger partial charge in [-0.25, -0.2) is 0 Å². The van der Waals surface area contributed by atoms with Gasteiger partial charge in [0.2, 0.25) is 5.91 Å². The molecule has 56 valence electrons. The lowest BCUT2D eigenvalue weighted by atomic mass is 10.4. The minimum absolute atomic E-state index is 0. The molecule has 3 heteroatoms. The first-order chi connectivity index (χ1) is 3.81. The molecule has 0 aromatic heterocycles. The molecule has 9 heavy (non-hydrogen) atoms. The van der Waals surface area contributed by atoms with Crippen LogP contribution in [0.25, 0.3) is 0 Å². The van der Waals surface area contributed by atoms with Gasteiger partial charge in [0.1, 0.15) is 0 Å². The molecule has 0 saturated heterocycles. The molecule has 0 spiro atoms. The van der Waals surface area contributed by atoms with E-state index < -0.39 is 0 Å². The van der Waals surface area contributed by atoms with E-state index >= 15 is 0 Å². The summed E-state index contributed by atoms with van der Waals surface area (Å²) in [5.74, 6) is -0.0909. The van der Waals surface area contributed by atoms with Gasteiger partial charge in [0.05, 0.1) is 0 Å². The van der Waals surface area contributed by atoms with Crippen molar-refractivity contribution in [3.63, 3.8) is 0 Å². The quantitative estimate of drug-likeness (QED) is 0.577. The monoisotopic (exact) mass is 135 g/mol. The molecule has 0 atom stereocenters. The normalized spacial score (nSPS) is 7.22. The van der Waals surface area contributed by atoms with E-state index in [-0.39, 0.29) is 12.0 Å². The lowest BCUT2D eigenvalue weighted by molar-refractivity contribution is -0.116. The molecule has 0 fully saturated rings. The first kappa shape index (κ1) is 11.0. The van der Waals surface area contributed by atoms with E-state index in [1.165, 1.54) is 6.08 Å². The largest absolute Gasteiger partial charge is 0.353 e. The summed E-state index contributed by atoms with van der Waals surface area (Å²) in [5, 5.41) is 2.62. The van der Waals surface area contributed by atoms with Crippen molar-refractivity contribution in [3.8, 4) is 0 Å². The third-order valence-electron chi connectivity index (χ3n) is 0.735. The number of amides is 1. The molecule has 0 aliphatic carbocycles. The fourth-order valence-electron chi connectivity index (χ4n) is 0.320. The molecule has 0 radical (unpaired) electrons. The number of hydrogen-bond donors (Lipinski definition) is 1. The highest BCUT2D eigenvalue weighted by Crippen LogP contribution is 1.70. The van der Waals surface area contributed by atoms with Crippen LogP contribution >= 0.6 is 0 Å². The Morgan fingerprint density at radius 2 is 2.44 bits per heavy atom. The predicted molar refractivity (Wildman–Crippen MR) is 38.1 cm³/mol. The van der Waals surface area contributed by atoms with Gasteiger partial charge in [-0.3, -0.25) is 9.50 Å². The Balaban J connectivity index is -0.000000245. The maximum Gasteiger partial charge on any atom is 0.243 e. The summed E-state index contributed by atoms with van der Waals surface area (Å²) in [6, 6.07) is 0. The molecule has 0 aliphatic heterocycles. The molecular weight excluding hydrogens is 121 g/mol. The van der Waals surface area contributed by atoms with Gasteiger partial charge in [-0.1, -0.05) is 13.5 Å². The van der Waals surface area contributed by atoms with Gasteiger partial charge in [-0.05, 0) is 12.5 Å². The molecule has 0 aromatic rings. The Morgan fingerprint density at radius 3 is 2.78 bits per heavy atom. The number of rotatable bonds is 3. The number of halogens is 1. The first-order valence-corrected chi connectivity index (χ1v) is 2.71. The lowest BCUT2D eigenvalue weighted by Gasteiger charge is -1.94. The number of hydrogen-bond acceptors (Lipinski definition) is 1. The maximum atomic E-state index is 10.3. The van der Waals surface area contributed by atoms with Crippen molar-refractivity contribution in [1.29, 1.82) is 0 Å². The average molecular weight is 135 g/mol. The summed E-state index contributed by atoms with van der Waals surface area (Å²) in [5.41, 5.74) is 0. The van der Waals surface area contributed by atoms with Crippen LogP contribution in [0.5, 0.6) is 0 Å². The van der Waals surface area contributed by atoms with Crippen molar-refractivity contribution in [2.45, 2.75) is 13.3 Å². The molecule has 0 bridgehead atoms.